The van der Waals surface area contributed by atoms with Crippen molar-refractivity contribution in [3.05, 3.63) is 41.8 Å². The Hall–Kier alpha value is -0.470. The van der Waals surface area contributed by atoms with Gasteiger partial charge in [-0.1, -0.05) is 44.2 Å². The Balaban J connectivity index is 1.77. The zero-order valence-corrected chi connectivity index (χ0v) is 13.7. The van der Waals surface area contributed by atoms with Crippen molar-refractivity contribution in [2.24, 2.45) is 5.41 Å². The quantitative estimate of drug-likeness (QED) is 0.645. The molecule has 0 unspecified atom stereocenters. The second-order valence-electron chi connectivity index (χ2n) is 6.28. The monoisotopic (exact) mass is 291 g/mol. The Morgan fingerprint density at radius 1 is 1.15 bits per heavy atom. The Morgan fingerprint density at radius 3 is 2.50 bits per heavy atom. The molecule has 1 nitrogen and oxygen atoms in total. The fourth-order valence-electron chi connectivity index (χ4n) is 3.12. The highest BCUT2D eigenvalue weighted by Crippen LogP contribution is 2.43. The molecule has 20 heavy (non-hydrogen) atoms. The average Bonchev–Trinajstić information content (AvgIpc) is 2.45. The van der Waals surface area contributed by atoms with E-state index in [0.29, 0.717) is 5.41 Å². The summed E-state index contributed by atoms with van der Waals surface area (Å²) in [6, 6.07) is 10.5. The molecule has 1 aliphatic heterocycles. The first-order chi connectivity index (χ1) is 9.70. The van der Waals surface area contributed by atoms with Gasteiger partial charge >= 0.3 is 0 Å². The Morgan fingerprint density at radius 2 is 1.85 bits per heavy atom. The van der Waals surface area contributed by atoms with E-state index in [9.17, 15) is 0 Å². The van der Waals surface area contributed by atoms with Crippen LogP contribution in [0.25, 0.3) is 0 Å². The topological polar surface area (TPSA) is 9.23 Å². The number of ether oxygens (including phenoxy) is 1. The Labute approximate surface area is 128 Å². The molecule has 1 aromatic rings. The maximum absolute atomic E-state index is 5.91. The first-order valence-electron chi connectivity index (χ1n) is 7.69. The Bertz CT molecular complexity index is 368. The first-order valence-corrected chi connectivity index (χ1v) is 8.84. The van der Waals surface area contributed by atoms with Gasteiger partial charge in [0.1, 0.15) is 0 Å². The van der Waals surface area contributed by atoms with Gasteiger partial charge in [-0.2, -0.15) is 11.8 Å². The lowest BCUT2D eigenvalue weighted by Gasteiger charge is -2.38. The number of rotatable bonds is 7. The molecule has 111 valence electrons. The van der Waals surface area contributed by atoms with Crippen molar-refractivity contribution in [2.75, 3.05) is 18.1 Å². The van der Waals surface area contributed by atoms with Crippen molar-refractivity contribution in [3.63, 3.8) is 0 Å². The summed E-state index contributed by atoms with van der Waals surface area (Å²) in [4.78, 5) is 0. The number of thioether (sulfide) groups is 1. The van der Waals surface area contributed by atoms with Gasteiger partial charge in [-0.3, -0.25) is 0 Å². The summed E-state index contributed by atoms with van der Waals surface area (Å²) < 4.78 is 5.91. The normalized spacial score (nSPS) is 18.4. The van der Waals surface area contributed by atoms with Crippen LogP contribution in [0, 0.1) is 11.3 Å². The molecule has 0 atom stereocenters. The summed E-state index contributed by atoms with van der Waals surface area (Å²) in [5.74, 6) is 4.22. The summed E-state index contributed by atoms with van der Waals surface area (Å²) in [5.41, 5.74) is 1.79. The molecule has 1 radical (unpaired) electrons. The van der Waals surface area contributed by atoms with E-state index in [1.807, 2.05) is 0 Å². The van der Waals surface area contributed by atoms with Crippen LogP contribution in [0.4, 0.5) is 0 Å². The summed E-state index contributed by atoms with van der Waals surface area (Å²) in [6.07, 6.45) is 5.21. The highest BCUT2D eigenvalue weighted by Gasteiger charge is 2.32. The zero-order chi connectivity index (χ0) is 14.3. The van der Waals surface area contributed by atoms with E-state index < -0.39 is 0 Å². The maximum atomic E-state index is 5.91. The van der Waals surface area contributed by atoms with Crippen molar-refractivity contribution in [3.8, 4) is 0 Å². The van der Waals surface area contributed by atoms with Gasteiger partial charge in [0.25, 0.3) is 0 Å². The van der Waals surface area contributed by atoms with Gasteiger partial charge in [0.2, 0.25) is 0 Å². The third-order valence-corrected chi connectivity index (χ3v) is 5.16. The fraction of sp³-hybridized carbons (Fsp3) is 0.611. The molecule has 0 spiro atoms. The van der Waals surface area contributed by atoms with Gasteiger partial charge in [-0.15, -0.1) is 0 Å². The molecular weight excluding hydrogens is 264 g/mol. The third-order valence-electron chi connectivity index (χ3n) is 4.17. The molecule has 1 aliphatic rings. The molecule has 1 aromatic carbocycles. The predicted molar refractivity (Wildman–Crippen MR) is 88.9 cm³/mol. The predicted octanol–water partition coefficient (Wildman–Crippen LogP) is 5.11. The van der Waals surface area contributed by atoms with E-state index in [1.165, 1.54) is 42.8 Å². The van der Waals surface area contributed by atoms with E-state index in [2.05, 4.69) is 55.9 Å². The van der Waals surface area contributed by atoms with Crippen LogP contribution < -0.4 is 0 Å². The van der Waals surface area contributed by atoms with E-state index in [0.717, 1.165) is 13.2 Å². The van der Waals surface area contributed by atoms with Crippen LogP contribution in [0.15, 0.2) is 30.3 Å². The highest BCUT2D eigenvalue weighted by molar-refractivity contribution is 7.99. The van der Waals surface area contributed by atoms with E-state index in [-0.39, 0.29) is 0 Å². The van der Waals surface area contributed by atoms with Crippen molar-refractivity contribution >= 4 is 11.8 Å². The SMILES string of the molecule is C[C](C)CC1(CCOCc2ccccc2)CCSCC1. The van der Waals surface area contributed by atoms with Crippen LogP contribution in [-0.2, 0) is 11.3 Å². The van der Waals surface area contributed by atoms with E-state index in [1.54, 1.807) is 5.92 Å². The lowest BCUT2D eigenvalue weighted by molar-refractivity contribution is 0.0762. The number of benzene rings is 1. The lowest BCUT2D eigenvalue weighted by atomic mass is 9.73. The smallest absolute Gasteiger partial charge is 0.0716 e. The number of hydrogen-bond donors (Lipinski definition) is 0. The second kappa shape index (κ2) is 8.09. The summed E-state index contributed by atoms with van der Waals surface area (Å²) in [6.45, 7) is 6.19. The first kappa shape index (κ1) is 15.9. The Kier molecular flexibility index (Phi) is 6.44. The number of hydrogen-bond acceptors (Lipinski definition) is 2. The minimum absolute atomic E-state index is 0.515. The standard InChI is InChI=1S/C18H27OS/c1-16(2)14-18(9-12-20-13-10-18)8-11-19-15-17-6-4-3-5-7-17/h3-7H,8-15H2,1-2H3. The molecule has 1 fully saturated rings. The van der Waals surface area contributed by atoms with Gasteiger partial charge < -0.3 is 4.74 Å². The molecule has 1 saturated heterocycles. The molecular formula is C18H27OS. The van der Waals surface area contributed by atoms with Crippen LogP contribution in [0.1, 0.15) is 45.1 Å². The van der Waals surface area contributed by atoms with Crippen molar-refractivity contribution in [1.29, 1.82) is 0 Å². The fourth-order valence-corrected chi connectivity index (χ4v) is 4.48. The van der Waals surface area contributed by atoms with Crippen LogP contribution in [0.3, 0.4) is 0 Å². The van der Waals surface area contributed by atoms with Gasteiger partial charge in [0, 0.05) is 6.61 Å². The molecule has 2 rings (SSSR count). The molecule has 0 saturated carbocycles. The van der Waals surface area contributed by atoms with E-state index in [4.69, 9.17) is 4.74 Å². The summed E-state index contributed by atoms with van der Waals surface area (Å²) in [7, 11) is 0. The van der Waals surface area contributed by atoms with E-state index >= 15 is 0 Å². The third kappa shape index (κ3) is 5.14. The summed E-state index contributed by atoms with van der Waals surface area (Å²) in [5, 5.41) is 0. The maximum Gasteiger partial charge on any atom is 0.0716 e. The molecule has 2 heteroatoms. The average molecular weight is 291 g/mol. The minimum Gasteiger partial charge on any atom is -0.377 e. The van der Waals surface area contributed by atoms with Crippen LogP contribution in [0.2, 0.25) is 0 Å². The van der Waals surface area contributed by atoms with Gasteiger partial charge in [0.15, 0.2) is 0 Å². The van der Waals surface area contributed by atoms with Crippen molar-refractivity contribution in [1.82, 2.24) is 0 Å². The van der Waals surface area contributed by atoms with Crippen molar-refractivity contribution < 1.29 is 4.74 Å². The van der Waals surface area contributed by atoms with Gasteiger partial charge in [-0.05, 0) is 54.1 Å². The van der Waals surface area contributed by atoms with Gasteiger partial charge in [-0.25, -0.2) is 0 Å². The van der Waals surface area contributed by atoms with Gasteiger partial charge in [0.05, 0.1) is 6.61 Å². The zero-order valence-electron chi connectivity index (χ0n) is 12.9. The van der Waals surface area contributed by atoms with Crippen molar-refractivity contribution in [2.45, 2.75) is 46.1 Å². The molecule has 1 heterocycles. The molecule has 0 N–H and O–H groups in total. The van der Waals surface area contributed by atoms with Crippen LogP contribution in [0.5, 0.6) is 0 Å². The molecule has 0 bridgehead atoms. The second-order valence-corrected chi connectivity index (χ2v) is 7.51. The summed E-state index contributed by atoms with van der Waals surface area (Å²) >= 11 is 2.11. The minimum atomic E-state index is 0.515. The largest absolute Gasteiger partial charge is 0.377 e. The molecule has 0 aromatic heterocycles. The lowest BCUT2D eigenvalue weighted by Crippen LogP contribution is -2.29. The molecule has 0 amide bonds. The van der Waals surface area contributed by atoms with Crippen LogP contribution in [-0.4, -0.2) is 18.1 Å². The highest BCUT2D eigenvalue weighted by atomic mass is 32.2. The van der Waals surface area contributed by atoms with Crippen LogP contribution >= 0.6 is 11.8 Å². The molecule has 0 aliphatic carbocycles.